The SMILES string of the molecule is CCCCOCCCC[C@@H]1C[C@H]2[C@@H]3CC[C@H](O)[C@@H]3CC[C@@H]2c2ccc(O)cc21. The Labute approximate surface area is 170 Å². The lowest BCUT2D eigenvalue weighted by atomic mass is 9.58. The van der Waals surface area contributed by atoms with E-state index in [0.717, 1.165) is 38.4 Å². The largest absolute Gasteiger partial charge is 0.508 e. The van der Waals surface area contributed by atoms with Crippen molar-refractivity contribution in [2.75, 3.05) is 13.2 Å². The number of aromatic hydroxyl groups is 1. The number of ether oxygens (including phenoxy) is 1. The molecule has 156 valence electrons. The van der Waals surface area contributed by atoms with E-state index in [4.69, 9.17) is 4.74 Å². The molecule has 3 aliphatic rings. The van der Waals surface area contributed by atoms with E-state index in [1.54, 1.807) is 0 Å². The second-order valence-corrected chi connectivity index (χ2v) is 9.53. The average molecular weight is 387 g/mol. The summed E-state index contributed by atoms with van der Waals surface area (Å²) in [5.74, 6) is 3.56. The van der Waals surface area contributed by atoms with Crippen molar-refractivity contribution in [3.63, 3.8) is 0 Å². The number of unbranched alkanes of at least 4 members (excludes halogenated alkanes) is 2. The third kappa shape index (κ3) is 4.11. The molecule has 0 heterocycles. The van der Waals surface area contributed by atoms with Crippen molar-refractivity contribution in [1.29, 1.82) is 0 Å². The first-order valence-electron chi connectivity index (χ1n) is 11.8. The lowest BCUT2D eigenvalue weighted by molar-refractivity contribution is 0.0521. The number of hydrogen-bond acceptors (Lipinski definition) is 3. The minimum absolute atomic E-state index is 0.0640. The Morgan fingerprint density at radius 3 is 2.61 bits per heavy atom. The maximum absolute atomic E-state index is 10.4. The van der Waals surface area contributed by atoms with Crippen LogP contribution < -0.4 is 0 Å². The van der Waals surface area contributed by atoms with Crippen LogP contribution in [0.3, 0.4) is 0 Å². The van der Waals surface area contributed by atoms with Crippen LogP contribution in [-0.2, 0) is 4.74 Å². The van der Waals surface area contributed by atoms with Gasteiger partial charge in [-0.3, -0.25) is 0 Å². The first-order chi connectivity index (χ1) is 13.7. The highest BCUT2D eigenvalue weighted by molar-refractivity contribution is 5.42. The summed E-state index contributed by atoms with van der Waals surface area (Å²) in [5, 5.41) is 20.6. The molecule has 2 saturated carbocycles. The zero-order valence-electron chi connectivity index (χ0n) is 17.5. The number of aliphatic hydroxyl groups excluding tert-OH is 1. The van der Waals surface area contributed by atoms with Crippen molar-refractivity contribution in [1.82, 2.24) is 0 Å². The normalized spacial score (nSPS) is 33.9. The second kappa shape index (κ2) is 9.17. The minimum Gasteiger partial charge on any atom is -0.508 e. The fourth-order valence-corrected chi connectivity index (χ4v) is 6.55. The fraction of sp³-hybridized carbons (Fsp3) is 0.760. The molecule has 2 fully saturated rings. The molecule has 3 nitrogen and oxygen atoms in total. The molecule has 1 aromatic carbocycles. The molecule has 0 saturated heterocycles. The van der Waals surface area contributed by atoms with Crippen LogP contribution in [-0.4, -0.2) is 29.5 Å². The predicted octanol–water partition coefficient (Wildman–Crippen LogP) is 5.75. The molecule has 0 aliphatic heterocycles. The number of fused-ring (bicyclic) bond motifs is 5. The summed E-state index contributed by atoms with van der Waals surface area (Å²) in [5.41, 5.74) is 2.91. The molecule has 3 aliphatic carbocycles. The van der Waals surface area contributed by atoms with Gasteiger partial charge in [0.1, 0.15) is 5.75 Å². The molecule has 2 N–H and O–H groups in total. The van der Waals surface area contributed by atoms with E-state index < -0.39 is 0 Å². The highest BCUT2D eigenvalue weighted by atomic mass is 16.5. The van der Waals surface area contributed by atoms with Gasteiger partial charge in [0.25, 0.3) is 0 Å². The molecule has 28 heavy (non-hydrogen) atoms. The van der Waals surface area contributed by atoms with Gasteiger partial charge in [-0.25, -0.2) is 0 Å². The van der Waals surface area contributed by atoms with Gasteiger partial charge >= 0.3 is 0 Å². The Morgan fingerprint density at radius 1 is 0.929 bits per heavy atom. The number of benzene rings is 1. The Kier molecular flexibility index (Phi) is 6.62. The minimum atomic E-state index is -0.0640. The third-order valence-electron chi connectivity index (χ3n) is 7.92. The average Bonchev–Trinajstić information content (AvgIpc) is 3.08. The highest BCUT2D eigenvalue weighted by Gasteiger charge is 2.48. The zero-order valence-corrected chi connectivity index (χ0v) is 17.5. The van der Waals surface area contributed by atoms with Gasteiger partial charge in [-0.05, 0) is 104 Å². The quantitative estimate of drug-likeness (QED) is 0.560. The Balaban J connectivity index is 1.43. The summed E-state index contributed by atoms with van der Waals surface area (Å²) in [6, 6.07) is 6.13. The summed E-state index contributed by atoms with van der Waals surface area (Å²) < 4.78 is 5.74. The van der Waals surface area contributed by atoms with Crippen LogP contribution in [0.4, 0.5) is 0 Å². The molecular weight excluding hydrogens is 348 g/mol. The van der Waals surface area contributed by atoms with Crippen LogP contribution >= 0.6 is 0 Å². The smallest absolute Gasteiger partial charge is 0.115 e. The van der Waals surface area contributed by atoms with Gasteiger partial charge in [0, 0.05) is 13.2 Å². The van der Waals surface area contributed by atoms with E-state index in [0.29, 0.717) is 29.4 Å². The number of phenolic OH excluding ortho intramolecular Hbond substituents is 1. The second-order valence-electron chi connectivity index (χ2n) is 9.53. The van der Waals surface area contributed by atoms with Gasteiger partial charge in [0.15, 0.2) is 0 Å². The van der Waals surface area contributed by atoms with Gasteiger partial charge < -0.3 is 14.9 Å². The summed E-state index contributed by atoms with van der Waals surface area (Å²) in [7, 11) is 0. The van der Waals surface area contributed by atoms with E-state index in [1.165, 1.54) is 56.1 Å². The molecule has 0 spiro atoms. The topological polar surface area (TPSA) is 49.7 Å². The van der Waals surface area contributed by atoms with Crippen molar-refractivity contribution >= 4 is 0 Å². The highest BCUT2D eigenvalue weighted by Crippen LogP contribution is 2.58. The number of phenols is 1. The molecule has 0 unspecified atom stereocenters. The van der Waals surface area contributed by atoms with Crippen LogP contribution in [0.25, 0.3) is 0 Å². The molecule has 0 radical (unpaired) electrons. The van der Waals surface area contributed by atoms with E-state index in [9.17, 15) is 10.2 Å². The van der Waals surface area contributed by atoms with Crippen LogP contribution in [0.5, 0.6) is 5.75 Å². The Morgan fingerprint density at radius 2 is 1.75 bits per heavy atom. The molecular formula is C25H38O3. The molecule has 1 aromatic rings. The lowest BCUT2D eigenvalue weighted by Gasteiger charge is -2.47. The van der Waals surface area contributed by atoms with E-state index in [2.05, 4.69) is 13.0 Å². The maximum Gasteiger partial charge on any atom is 0.115 e. The fourth-order valence-electron chi connectivity index (χ4n) is 6.55. The predicted molar refractivity (Wildman–Crippen MR) is 113 cm³/mol. The molecule has 4 rings (SSSR count). The van der Waals surface area contributed by atoms with Gasteiger partial charge in [-0.2, -0.15) is 0 Å². The zero-order chi connectivity index (χ0) is 19.5. The third-order valence-corrected chi connectivity index (χ3v) is 7.92. The van der Waals surface area contributed by atoms with E-state index in [1.807, 2.05) is 12.1 Å². The van der Waals surface area contributed by atoms with Crippen molar-refractivity contribution in [3.8, 4) is 5.75 Å². The summed E-state index contributed by atoms with van der Waals surface area (Å²) in [6.45, 7) is 3.97. The summed E-state index contributed by atoms with van der Waals surface area (Å²) in [4.78, 5) is 0. The van der Waals surface area contributed by atoms with Gasteiger partial charge in [-0.15, -0.1) is 0 Å². The molecule has 0 aromatic heterocycles. The Hall–Kier alpha value is -1.06. The first kappa shape index (κ1) is 20.2. The van der Waals surface area contributed by atoms with Gasteiger partial charge in [0.05, 0.1) is 6.10 Å². The van der Waals surface area contributed by atoms with E-state index in [-0.39, 0.29) is 6.10 Å². The standard InChI is InChI=1S/C25H38O3/c1-2-3-13-28-14-5-4-6-17-15-24-20(19-8-7-18(26)16-23(17)19)9-10-22-21(24)11-12-25(22)27/h7-8,16-17,20-22,24-27H,2-6,9-15H2,1H3/t17-,20-,21-,22-,24-,25+/m1/s1. The summed E-state index contributed by atoms with van der Waals surface area (Å²) in [6.07, 6.45) is 11.6. The van der Waals surface area contributed by atoms with Crippen molar-refractivity contribution < 1.29 is 14.9 Å². The number of aliphatic hydroxyl groups is 1. The van der Waals surface area contributed by atoms with Crippen molar-refractivity contribution in [3.05, 3.63) is 29.3 Å². The van der Waals surface area contributed by atoms with Gasteiger partial charge in [0.2, 0.25) is 0 Å². The molecule has 3 heteroatoms. The Bertz CT molecular complexity index is 643. The maximum atomic E-state index is 10.4. The van der Waals surface area contributed by atoms with Crippen LogP contribution in [0, 0.1) is 17.8 Å². The lowest BCUT2D eigenvalue weighted by Crippen LogP contribution is -2.37. The van der Waals surface area contributed by atoms with Crippen LogP contribution in [0.15, 0.2) is 18.2 Å². The van der Waals surface area contributed by atoms with Crippen LogP contribution in [0.2, 0.25) is 0 Å². The van der Waals surface area contributed by atoms with Crippen molar-refractivity contribution in [2.45, 2.75) is 89.1 Å². The number of rotatable bonds is 8. The molecule has 6 atom stereocenters. The first-order valence-corrected chi connectivity index (χ1v) is 11.8. The molecule has 0 amide bonds. The molecule has 0 bridgehead atoms. The monoisotopic (exact) mass is 386 g/mol. The summed E-state index contributed by atoms with van der Waals surface area (Å²) >= 11 is 0. The van der Waals surface area contributed by atoms with E-state index >= 15 is 0 Å². The van der Waals surface area contributed by atoms with Gasteiger partial charge in [-0.1, -0.05) is 25.8 Å². The van der Waals surface area contributed by atoms with Crippen molar-refractivity contribution in [2.24, 2.45) is 17.8 Å². The number of hydrogen-bond donors (Lipinski definition) is 2. The van der Waals surface area contributed by atoms with Crippen LogP contribution in [0.1, 0.15) is 94.1 Å².